The van der Waals surface area contributed by atoms with Crippen molar-refractivity contribution >= 4 is 17.7 Å². The largest absolute Gasteiger partial charge is 0.339 e. The van der Waals surface area contributed by atoms with E-state index in [0.717, 1.165) is 24.9 Å². The van der Waals surface area contributed by atoms with E-state index < -0.39 is 0 Å². The number of nitrogens with one attached hydrogen (secondary N) is 1. The molecule has 0 radical (unpaired) electrons. The van der Waals surface area contributed by atoms with Crippen molar-refractivity contribution in [3.05, 3.63) is 46.8 Å². The van der Waals surface area contributed by atoms with E-state index in [4.69, 9.17) is 0 Å². The quantitative estimate of drug-likeness (QED) is 0.685. The lowest BCUT2D eigenvalue weighted by molar-refractivity contribution is -0.131. The first kappa shape index (κ1) is 16.8. The molecule has 6 heteroatoms. The molecule has 1 saturated heterocycles. The van der Waals surface area contributed by atoms with E-state index >= 15 is 0 Å². The summed E-state index contributed by atoms with van der Waals surface area (Å²) in [6.07, 6.45) is 3.32. The highest BCUT2D eigenvalue weighted by molar-refractivity contribution is 7.99. The van der Waals surface area contributed by atoms with Crippen LogP contribution in [0.2, 0.25) is 0 Å². The number of benzene rings is 1. The average molecular weight is 343 g/mol. The van der Waals surface area contributed by atoms with Gasteiger partial charge in [-0.2, -0.15) is 0 Å². The molecule has 1 aromatic carbocycles. The van der Waals surface area contributed by atoms with Gasteiger partial charge in [-0.1, -0.05) is 42.1 Å². The lowest BCUT2D eigenvalue weighted by Gasteiger charge is -2.33. The van der Waals surface area contributed by atoms with Crippen molar-refractivity contribution in [2.75, 3.05) is 12.3 Å². The van der Waals surface area contributed by atoms with E-state index in [-0.39, 0.29) is 11.5 Å². The first-order valence-corrected chi connectivity index (χ1v) is 9.21. The summed E-state index contributed by atoms with van der Waals surface area (Å²) in [5.74, 6) is 0.408. The Labute approximate surface area is 145 Å². The number of thioether (sulfide) groups is 1. The molecule has 1 aromatic heterocycles. The molecule has 2 aromatic rings. The fourth-order valence-electron chi connectivity index (χ4n) is 2.94. The zero-order valence-corrected chi connectivity index (χ0v) is 14.5. The highest BCUT2D eigenvalue weighted by atomic mass is 32.2. The van der Waals surface area contributed by atoms with Gasteiger partial charge in [-0.25, -0.2) is 4.98 Å². The van der Waals surface area contributed by atoms with Crippen LogP contribution in [0.5, 0.6) is 0 Å². The number of rotatable bonds is 4. The minimum atomic E-state index is -0.204. The summed E-state index contributed by atoms with van der Waals surface area (Å²) in [6.45, 7) is 2.92. The van der Waals surface area contributed by atoms with Crippen LogP contribution in [0.25, 0.3) is 11.3 Å². The van der Waals surface area contributed by atoms with Crippen LogP contribution in [-0.4, -0.2) is 39.1 Å². The number of piperidine rings is 1. The molecule has 1 N–H and O–H groups in total. The number of aromatic nitrogens is 2. The Bertz CT molecular complexity index is 760. The molecule has 1 aliphatic rings. The van der Waals surface area contributed by atoms with Crippen molar-refractivity contribution in [3.63, 3.8) is 0 Å². The minimum absolute atomic E-state index is 0.111. The third kappa shape index (κ3) is 4.06. The predicted molar refractivity (Wildman–Crippen MR) is 96.0 cm³/mol. The maximum atomic E-state index is 12.4. The number of amides is 1. The van der Waals surface area contributed by atoms with Crippen molar-refractivity contribution in [3.8, 4) is 11.3 Å². The van der Waals surface area contributed by atoms with Gasteiger partial charge in [-0.15, -0.1) is 0 Å². The molecule has 2 heterocycles. The smallest absolute Gasteiger partial charge is 0.252 e. The summed E-state index contributed by atoms with van der Waals surface area (Å²) in [7, 11) is 0. The van der Waals surface area contributed by atoms with Crippen LogP contribution in [0.15, 0.2) is 46.3 Å². The van der Waals surface area contributed by atoms with Gasteiger partial charge in [0.2, 0.25) is 5.91 Å². The monoisotopic (exact) mass is 343 g/mol. The molecule has 1 aliphatic heterocycles. The summed E-state index contributed by atoms with van der Waals surface area (Å²) < 4.78 is 0. The van der Waals surface area contributed by atoms with Gasteiger partial charge in [0.1, 0.15) is 0 Å². The van der Waals surface area contributed by atoms with Crippen molar-refractivity contribution in [1.29, 1.82) is 0 Å². The van der Waals surface area contributed by atoms with Crippen LogP contribution >= 0.6 is 11.8 Å². The number of aromatic amines is 1. The second-order valence-electron chi connectivity index (χ2n) is 6.02. The van der Waals surface area contributed by atoms with Crippen LogP contribution in [0.4, 0.5) is 0 Å². The summed E-state index contributed by atoms with van der Waals surface area (Å²) in [5, 5.41) is 0.486. The molecule has 0 bridgehead atoms. The van der Waals surface area contributed by atoms with E-state index in [9.17, 15) is 9.59 Å². The van der Waals surface area contributed by atoms with Crippen molar-refractivity contribution in [2.45, 2.75) is 37.4 Å². The van der Waals surface area contributed by atoms with E-state index in [2.05, 4.69) is 16.9 Å². The van der Waals surface area contributed by atoms with Crippen LogP contribution in [0.3, 0.4) is 0 Å². The van der Waals surface area contributed by atoms with E-state index in [1.165, 1.54) is 24.2 Å². The van der Waals surface area contributed by atoms with Crippen molar-refractivity contribution < 1.29 is 4.79 Å². The summed E-state index contributed by atoms with van der Waals surface area (Å²) in [4.78, 5) is 33.4. The lowest BCUT2D eigenvalue weighted by atomic mass is 10.0. The SMILES string of the molecule is C[C@H]1CCCCN1C(=O)CSc1nc(-c2ccccc2)cc(=O)[nH]1. The Morgan fingerprint density at radius 3 is 2.88 bits per heavy atom. The fraction of sp³-hybridized carbons (Fsp3) is 0.389. The molecule has 1 fully saturated rings. The third-order valence-electron chi connectivity index (χ3n) is 4.25. The van der Waals surface area contributed by atoms with Crippen molar-refractivity contribution in [1.82, 2.24) is 14.9 Å². The maximum absolute atomic E-state index is 12.4. The van der Waals surface area contributed by atoms with Crippen molar-refractivity contribution in [2.24, 2.45) is 0 Å². The van der Waals surface area contributed by atoms with Crippen LogP contribution in [-0.2, 0) is 4.79 Å². The zero-order valence-electron chi connectivity index (χ0n) is 13.7. The topological polar surface area (TPSA) is 66.1 Å². The number of nitrogens with zero attached hydrogens (tertiary/aromatic N) is 2. The number of carbonyl (C=O) groups excluding carboxylic acids is 1. The molecule has 24 heavy (non-hydrogen) atoms. The molecule has 1 amide bonds. The summed E-state index contributed by atoms with van der Waals surface area (Å²) in [5.41, 5.74) is 1.31. The molecule has 0 unspecified atom stereocenters. The first-order valence-electron chi connectivity index (χ1n) is 8.22. The van der Waals surface area contributed by atoms with Gasteiger partial charge < -0.3 is 9.88 Å². The average Bonchev–Trinajstić information content (AvgIpc) is 2.60. The summed E-state index contributed by atoms with van der Waals surface area (Å²) >= 11 is 1.29. The molecule has 0 spiro atoms. The predicted octanol–water partition coefficient (Wildman–Crippen LogP) is 2.93. The van der Waals surface area contributed by atoms with Gasteiger partial charge >= 0.3 is 0 Å². The second-order valence-corrected chi connectivity index (χ2v) is 6.99. The van der Waals surface area contributed by atoms with Crippen LogP contribution < -0.4 is 5.56 Å². The highest BCUT2D eigenvalue weighted by Gasteiger charge is 2.23. The van der Waals surface area contributed by atoms with Gasteiger partial charge in [0.05, 0.1) is 11.4 Å². The van der Waals surface area contributed by atoms with Crippen LogP contribution in [0, 0.1) is 0 Å². The number of carbonyl (C=O) groups is 1. The Hall–Kier alpha value is -2.08. The highest BCUT2D eigenvalue weighted by Crippen LogP contribution is 2.21. The standard InChI is InChI=1S/C18H21N3O2S/c1-13-7-5-6-10-21(13)17(23)12-24-18-19-15(11-16(22)20-18)14-8-3-2-4-9-14/h2-4,8-9,11,13H,5-7,10,12H2,1H3,(H,19,20,22)/t13-/m0/s1. The van der Waals surface area contributed by atoms with Gasteiger partial charge in [0.25, 0.3) is 5.56 Å². The van der Waals surface area contributed by atoms with E-state index in [1.54, 1.807) is 0 Å². The maximum Gasteiger partial charge on any atom is 0.252 e. The number of H-pyrrole nitrogens is 1. The van der Waals surface area contributed by atoms with Gasteiger partial charge in [-0.05, 0) is 26.2 Å². The van der Waals surface area contributed by atoms with Gasteiger partial charge in [0, 0.05) is 24.2 Å². The molecular weight excluding hydrogens is 322 g/mol. The van der Waals surface area contributed by atoms with E-state index in [0.29, 0.717) is 22.6 Å². The Kier molecular flexibility index (Phi) is 5.35. The molecule has 0 aliphatic carbocycles. The van der Waals surface area contributed by atoms with Gasteiger partial charge in [0.15, 0.2) is 5.16 Å². The minimum Gasteiger partial charge on any atom is -0.339 e. The Morgan fingerprint density at radius 2 is 2.12 bits per heavy atom. The van der Waals surface area contributed by atoms with E-state index in [1.807, 2.05) is 35.2 Å². The number of hydrogen-bond acceptors (Lipinski definition) is 4. The molecule has 1 atom stereocenters. The van der Waals surface area contributed by atoms with Gasteiger partial charge in [-0.3, -0.25) is 9.59 Å². The normalized spacial score (nSPS) is 17.7. The summed E-state index contributed by atoms with van der Waals surface area (Å²) in [6, 6.07) is 11.3. The molecule has 3 rings (SSSR count). The Morgan fingerprint density at radius 1 is 1.33 bits per heavy atom. The number of likely N-dealkylation sites (tertiary alicyclic amines) is 1. The number of hydrogen-bond donors (Lipinski definition) is 1. The third-order valence-corrected chi connectivity index (χ3v) is 5.10. The molecule has 0 saturated carbocycles. The molecule has 126 valence electrons. The molecular formula is C18H21N3O2S. The lowest BCUT2D eigenvalue weighted by Crippen LogP contribution is -2.43. The molecule has 5 nitrogen and oxygen atoms in total. The van der Waals surface area contributed by atoms with Crippen LogP contribution in [0.1, 0.15) is 26.2 Å². The zero-order chi connectivity index (χ0) is 16.9. The Balaban J connectivity index is 1.70. The first-order chi connectivity index (χ1) is 11.6. The second kappa shape index (κ2) is 7.66. The fourth-order valence-corrected chi connectivity index (χ4v) is 3.70.